The van der Waals surface area contributed by atoms with Crippen LogP contribution in [0.4, 0.5) is 5.69 Å². The predicted octanol–water partition coefficient (Wildman–Crippen LogP) is 4.06. The van der Waals surface area contributed by atoms with Crippen molar-refractivity contribution in [3.05, 3.63) is 28.8 Å². The van der Waals surface area contributed by atoms with E-state index in [1.165, 1.54) is 25.7 Å². The molecule has 1 N–H and O–H groups in total. The van der Waals surface area contributed by atoms with E-state index in [0.29, 0.717) is 10.6 Å². The minimum Gasteiger partial charge on any atom is -0.384 e. The Morgan fingerprint density at radius 3 is 2.89 bits per heavy atom. The van der Waals surface area contributed by atoms with Crippen LogP contribution in [0.1, 0.15) is 31.2 Å². The fourth-order valence-electron chi connectivity index (χ4n) is 3.63. The number of benzene rings is 1. The summed E-state index contributed by atoms with van der Waals surface area (Å²) >= 11 is 5.98. The number of fused-ring (bicyclic) bond motifs is 2. The SMILES string of the molecule is N#Cc1ccc(Cl)cc1NCC1CC2CCC1C2. The lowest BCUT2D eigenvalue weighted by molar-refractivity contribution is 0.348. The van der Waals surface area contributed by atoms with E-state index in [1.54, 1.807) is 12.1 Å². The monoisotopic (exact) mass is 260 g/mol. The number of nitriles is 1. The molecule has 18 heavy (non-hydrogen) atoms. The number of hydrogen-bond acceptors (Lipinski definition) is 2. The molecule has 2 aliphatic rings. The molecule has 94 valence electrons. The predicted molar refractivity (Wildman–Crippen MR) is 73.6 cm³/mol. The molecule has 2 fully saturated rings. The third-order valence-electron chi connectivity index (χ3n) is 4.54. The highest BCUT2D eigenvalue weighted by molar-refractivity contribution is 6.30. The molecule has 0 saturated heterocycles. The molecule has 1 aromatic carbocycles. The molecular weight excluding hydrogens is 244 g/mol. The third kappa shape index (κ3) is 2.20. The maximum absolute atomic E-state index is 9.07. The van der Waals surface area contributed by atoms with Crippen LogP contribution in [0, 0.1) is 29.1 Å². The van der Waals surface area contributed by atoms with Crippen molar-refractivity contribution in [1.29, 1.82) is 5.26 Å². The molecule has 3 rings (SSSR count). The first-order valence-electron chi connectivity index (χ1n) is 6.70. The zero-order valence-electron chi connectivity index (χ0n) is 10.3. The minimum atomic E-state index is 0.683. The Kier molecular flexibility index (Phi) is 3.18. The van der Waals surface area contributed by atoms with Crippen LogP contribution < -0.4 is 5.32 Å². The highest BCUT2D eigenvalue weighted by Crippen LogP contribution is 2.48. The van der Waals surface area contributed by atoms with Gasteiger partial charge in [-0.05, 0) is 55.2 Å². The van der Waals surface area contributed by atoms with Crippen molar-refractivity contribution < 1.29 is 0 Å². The van der Waals surface area contributed by atoms with Crippen LogP contribution in [-0.2, 0) is 0 Å². The maximum Gasteiger partial charge on any atom is 0.101 e. The maximum atomic E-state index is 9.07. The van der Waals surface area contributed by atoms with Crippen LogP contribution in [0.3, 0.4) is 0 Å². The van der Waals surface area contributed by atoms with Crippen molar-refractivity contribution >= 4 is 17.3 Å². The van der Waals surface area contributed by atoms with E-state index in [0.717, 1.165) is 30.0 Å². The van der Waals surface area contributed by atoms with E-state index in [2.05, 4.69) is 11.4 Å². The summed E-state index contributed by atoms with van der Waals surface area (Å²) in [6.07, 6.45) is 5.62. The van der Waals surface area contributed by atoms with E-state index in [9.17, 15) is 0 Å². The van der Waals surface area contributed by atoms with Crippen molar-refractivity contribution in [2.75, 3.05) is 11.9 Å². The number of hydrogen-bond donors (Lipinski definition) is 1. The smallest absolute Gasteiger partial charge is 0.101 e. The van der Waals surface area contributed by atoms with Gasteiger partial charge < -0.3 is 5.32 Å². The van der Waals surface area contributed by atoms with Gasteiger partial charge in [0.1, 0.15) is 6.07 Å². The topological polar surface area (TPSA) is 35.8 Å². The van der Waals surface area contributed by atoms with Crippen LogP contribution in [0.5, 0.6) is 0 Å². The Balaban J connectivity index is 1.66. The van der Waals surface area contributed by atoms with Gasteiger partial charge in [0.2, 0.25) is 0 Å². The van der Waals surface area contributed by atoms with E-state index in [4.69, 9.17) is 16.9 Å². The lowest BCUT2D eigenvalue weighted by atomic mass is 9.89. The van der Waals surface area contributed by atoms with E-state index < -0.39 is 0 Å². The molecule has 0 radical (unpaired) electrons. The average molecular weight is 261 g/mol. The molecule has 2 saturated carbocycles. The van der Waals surface area contributed by atoms with E-state index in [1.807, 2.05) is 6.07 Å². The number of halogens is 1. The number of nitrogens with one attached hydrogen (secondary N) is 1. The molecule has 2 aliphatic carbocycles. The summed E-state index contributed by atoms with van der Waals surface area (Å²) in [4.78, 5) is 0. The molecule has 3 heteroatoms. The van der Waals surface area contributed by atoms with Crippen LogP contribution in [0.2, 0.25) is 5.02 Å². The summed E-state index contributed by atoms with van der Waals surface area (Å²) < 4.78 is 0. The third-order valence-corrected chi connectivity index (χ3v) is 4.78. The Hall–Kier alpha value is -1.20. The second kappa shape index (κ2) is 4.82. The van der Waals surface area contributed by atoms with Crippen molar-refractivity contribution in [2.45, 2.75) is 25.7 Å². The lowest BCUT2D eigenvalue weighted by Crippen LogP contribution is -2.20. The van der Waals surface area contributed by atoms with Gasteiger partial charge in [-0.15, -0.1) is 0 Å². The summed E-state index contributed by atoms with van der Waals surface area (Å²) in [6, 6.07) is 7.62. The largest absolute Gasteiger partial charge is 0.384 e. The van der Waals surface area contributed by atoms with Crippen LogP contribution in [0.25, 0.3) is 0 Å². The van der Waals surface area contributed by atoms with E-state index >= 15 is 0 Å². The quantitative estimate of drug-likeness (QED) is 0.890. The Morgan fingerprint density at radius 2 is 2.22 bits per heavy atom. The number of nitrogens with zero attached hydrogens (tertiary/aromatic N) is 1. The van der Waals surface area contributed by atoms with Gasteiger partial charge in [0.15, 0.2) is 0 Å². The molecule has 0 aliphatic heterocycles. The second-order valence-electron chi connectivity index (χ2n) is 5.62. The molecule has 2 nitrogen and oxygen atoms in total. The van der Waals surface area contributed by atoms with Gasteiger partial charge >= 0.3 is 0 Å². The molecule has 0 amide bonds. The lowest BCUT2D eigenvalue weighted by Gasteiger charge is -2.22. The standard InChI is InChI=1S/C15H17ClN2/c16-14-4-3-12(8-17)15(7-14)18-9-13-6-10-1-2-11(13)5-10/h3-4,7,10-11,13,18H,1-2,5-6,9H2. The fraction of sp³-hybridized carbons (Fsp3) is 0.533. The molecule has 0 spiro atoms. The molecular formula is C15H17ClN2. The first-order chi connectivity index (χ1) is 8.76. The van der Waals surface area contributed by atoms with Crippen LogP contribution in [0.15, 0.2) is 18.2 Å². The zero-order valence-corrected chi connectivity index (χ0v) is 11.1. The Labute approximate surface area is 113 Å². The summed E-state index contributed by atoms with van der Waals surface area (Å²) in [7, 11) is 0. The van der Waals surface area contributed by atoms with Gasteiger partial charge in [0, 0.05) is 11.6 Å². The van der Waals surface area contributed by atoms with Gasteiger partial charge in [-0.25, -0.2) is 0 Å². The van der Waals surface area contributed by atoms with Gasteiger partial charge in [-0.2, -0.15) is 5.26 Å². The van der Waals surface area contributed by atoms with Crippen molar-refractivity contribution in [1.82, 2.24) is 0 Å². The highest BCUT2D eigenvalue weighted by Gasteiger charge is 2.39. The molecule has 1 aromatic rings. The second-order valence-corrected chi connectivity index (χ2v) is 6.05. The zero-order chi connectivity index (χ0) is 12.5. The number of rotatable bonds is 3. The van der Waals surface area contributed by atoms with E-state index in [-0.39, 0.29) is 0 Å². The van der Waals surface area contributed by atoms with Gasteiger partial charge in [-0.3, -0.25) is 0 Å². The van der Waals surface area contributed by atoms with Crippen molar-refractivity contribution in [2.24, 2.45) is 17.8 Å². The fourth-order valence-corrected chi connectivity index (χ4v) is 3.80. The van der Waals surface area contributed by atoms with Crippen molar-refractivity contribution in [3.63, 3.8) is 0 Å². The first-order valence-corrected chi connectivity index (χ1v) is 7.07. The van der Waals surface area contributed by atoms with Crippen molar-refractivity contribution in [3.8, 4) is 6.07 Å². The van der Waals surface area contributed by atoms with Crippen LogP contribution >= 0.6 is 11.6 Å². The van der Waals surface area contributed by atoms with Gasteiger partial charge in [0.25, 0.3) is 0 Å². The summed E-state index contributed by atoms with van der Waals surface area (Å²) in [5.41, 5.74) is 1.57. The number of anilines is 1. The Morgan fingerprint density at radius 1 is 1.33 bits per heavy atom. The average Bonchev–Trinajstić information content (AvgIpc) is 2.98. The summed E-state index contributed by atoms with van der Waals surface area (Å²) in [5.74, 6) is 2.66. The van der Waals surface area contributed by atoms with Gasteiger partial charge in [-0.1, -0.05) is 18.0 Å². The summed E-state index contributed by atoms with van der Waals surface area (Å²) in [5, 5.41) is 13.2. The first kappa shape index (κ1) is 11.9. The molecule has 0 aromatic heterocycles. The Bertz CT molecular complexity index is 492. The molecule has 3 atom stereocenters. The normalized spacial score (nSPS) is 29.2. The highest BCUT2D eigenvalue weighted by atomic mass is 35.5. The van der Waals surface area contributed by atoms with Gasteiger partial charge in [0.05, 0.1) is 11.3 Å². The minimum absolute atomic E-state index is 0.683. The molecule has 3 unspecified atom stereocenters. The van der Waals surface area contributed by atoms with Crippen LogP contribution in [-0.4, -0.2) is 6.54 Å². The molecule has 2 bridgehead atoms. The molecule has 0 heterocycles. The summed E-state index contributed by atoms with van der Waals surface area (Å²) in [6.45, 7) is 0.982.